The summed E-state index contributed by atoms with van der Waals surface area (Å²) in [5.74, 6) is 0. The van der Waals surface area contributed by atoms with Gasteiger partial charge in [0.1, 0.15) is 6.61 Å². The van der Waals surface area contributed by atoms with Crippen LogP contribution in [0.5, 0.6) is 0 Å². The lowest BCUT2D eigenvalue weighted by atomic mass is 10.8. The average Bonchev–Trinajstić information content (AvgIpc) is 1.59. The highest BCUT2D eigenvalue weighted by Crippen LogP contribution is 2.45. The standard InChI is InChI=1S/C2H8O5P/c3-1-2-7-8(4,5)6/h3-6H,1-2H2/q+1. The van der Waals surface area contributed by atoms with Crippen molar-refractivity contribution in [3.8, 4) is 0 Å². The van der Waals surface area contributed by atoms with E-state index in [2.05, 4.69) is 4.52 Å². The summed E-state index contributed by atoms with van der Waals surface area (Å²) in [5, 5.41) is 7.99. The van der Waals surface area contributed by atoms with Crippen LogP contribution in [0.25, 0.3) is 0 Å². The van der Waals surface area contributed by atoms with Crippen LogP contribution < -0.4 is 0 Å². The maximum absolute atomic E-state index is 8.04. The number of aliphatic hydroxyl groups excluding tert-OH is 1. The van der Waals surface area contributed by atoms with E-state index in [1.165, 1.54) is 0 Å². The van der Waals surface area contributed by atoms with Crippen molar-refractivity contribution in [2.45, 2.75) is 0 Å². The van der Waals surface area contributed by atoms with E-state index >= 15 is 0 Å². The topological polar surface area (TPSA) is 90.2 Å². The maximum Gasteiger partial charge on any atom is 0.567 e. The van der Waals surface area contributed by atoms with Gasteiger partial charge in [-0.05, 0) is 0 Å². The fraction of sp³-hybridized carbons (Fsp3) is 1.00. The summed E-state index contributed by atoms with van der Waals surface area (Å²) >= 11 is 0. The van der Waals surface area contributed by atoms with Crippen LogP contribution in [-0.2, 0) is 4.52 Å². The first-order valence-corrected chi connectivity index (χ1v) is 3.45. The monoisotopic (exact) mass is 143 g/mol. The van der Waals surface area contributed by atoms with Crippen LogP contribution in [0.3, 0.4) is 0 Å². The zero-order valence-corrected chi connectivity index (χ0v) is 4.95. The van der Waals surface area contributed by atoms with Crippen molar-refractivity contribution in [2.75, 3.05) is 13.2 Å². The molecule has 0 aromatic carbocycles. The van der Waals surface area contributed by atoms with Gasteiger partial charge in [-0.1, -0.05) is 0 Å². The van der Waals surface area contributed by atoms with Gasteiger partial charge in [-0.3, -0.25) is 0 Å². The fourth-order valence-corrected chi connectivity index (χ4v) is 0.490. The average molecular weight is 143 g/mol. The molecule has 0 aliphatic carbocycles. The van der Waals surface area contributed by atoms with Crippen molar-refractivity contribution in [1.82, 2.24) is 0 Å². The zero-order chi connectivity index (χ0) is 6.62. The molecule has 0 bridgehead atoms. The Morgan fingerprint density at radius 3 is 1.88 bits per heavy atom. The van der Waals surface area contributed by atoms with Crippen LogP contribution >= 0.6 is 8.17 Å². The quantitative estimate of drug-likeness (QED) is 0.367. The van der Waals surface area contributed by atoms with Crippen molar-refractivity contribution in [1.29, 1.82) is 0 Å². The molecule has 0 aromatic rings. The molecule has 0 aromatic heterocycles. The summed E-state index contributed by atoms with van der Waals surface area (Å²) in [6, 6.07) is 0. The Morgan fingerprint density at radius 2 is 1.75 bits per heavy atom. The lowest BCUT2D eigenvalue weighted by molar-refractivity contribution is 0.127. The SMILES string of the molecule is OCCO[P+](O)(O)O. The molecule has 0 heterocycles. The lowest BCUT2D eigenvalue weighted by Gasteiger charge is -1.98. The van der Waals surface area contributed by atoms with Gasteiger partial charge in [0.05, 0.1) is 6.61 Å². The molecule has 0 amide bonds. The van der Waals surface area contributed by atoms with E-state index in [9.17, 15) is 0 Å². The zero-order valence-electron chi connectivity index (χ0n) is 4.06. The van der Waals surface area contributed by atoms with Gasteiger partial charge >= 0.3 is 8.17 Å². The van der Waals surface area contributed by atoms with Gasteiger partial charge < -0.3 is 5.11 Å². The second-order valence-corrected chi connectivity index (χ2v) is 2.35. The molecule has 0 aliphatic rings. The van der Waals surface area contributed by atoms with E-state index in [0.29, 0.717) is 0 Å². The van der Waals surface area contributed by atoms with Crippen molar-refractivity contribution >= 4 is 8.17 Å². The molecule has 0 unspecified atom stereocenters. The Kier molecular flexibility index (Phi) is 3.39. The minimum absolute atomic E-state index is 0.267. The highest BCUT2D eigenvalue weighted by Gasteiger charge is 2.32. The molecule has 6 heteroatoms. The Labute approximate surface area is 46.8 Å². The van der Waals surface area contributed by atoms with Crippen molar-refractivity contribution < 1.29 is 24.3 Å². The molecule has 0 aliphatic heterocycles. The Hall–Kier alpha value is 0.230. The highest BCUT2D eigenvalue weighted by molar-refractivity contribution is 7.53. The largest absolute Gasteiger partial charge is 0.567 e. The van der Waals surface area contributed by atoms with E-state index in [-0.39, 0.29) is 13.2 Å². The fourth-order valence-electron chi connectivity index (χ4n) is 0.163. The normalized spacial score (nSPS) is 12.0. The first-order valence-electron chi connectivity index (χ1n) is 1.89. The second-order valence-electron chi connectivity index (χ2n) is 1.07. The Bertz CT molecular complexity index is 57.9. The van der Waals surface area contributed by atoms with Crippen LogP contribution in [0.1, 0.15) is 0 Å². The van der Waals surface area contributed by atoms with Gasteiger partial charge in [0.2, 0.25) is 0 Å². The van der Waals surface area contributed by atoms with Crippen LogP contribution in [-0.4, -0.2) is 33.0 Å². The smallest absolute Gasteiger partial charge is 0.394 e. The van der Waals surface area contributed by atoms with Gasteiger partial charge in [0.25, 0.3) is 0 Å². The van der Waals surface area contributed by atoms with E-state index in [4.69, 9.17) is 19.8 Å². The first kappa shape index (κ1) is 8.23. The Balaban J connectivity index is 3.11. The third kappa shape index (κ3) is 6.23. The van der Waals surface area contributed by atoms with Crippen LogP contribution in [0, 0.1) is 0 Å². The molecule has 0 fully saturated rings. The third-order valence-corrected chi connectivity index (χ3v) is 0.885. The molecule has 0 saturated carbocycles. The molecule has 0 atom stereocenters. The molecule has 8 heavy (non-hydrogen) atoms. The number of hydrogen-bond acceptors (Lipinski definition) is 5. The van der Waals surface area contributed by atoms with E-state index in [1.54, 1.807) is 0 Å². The summed E-state index contributed by atoms with van der Waals surface area (Å²) in [4.78, 5) is 24.1. The Morgan fingerprint density at radius 1 is 1.25 bits per heavy atom. The molecule has 0 rings (SSSR count). The van der Waals surface area contributed by atoms with E-state index < -0.39 is 8.17 Å². The molecular weight excluding hydrogens is 135 g/mol. The van der Waals surface area contributed by atoms with Crippen LogP contribution in [0.2, 0.25) is 0 Å². The molecule has 0 saturated heterocycles. The predicted molar refractivity (Wildman–Crippen MR) is 26.6 cm³/mol. The molecule has 0 spiro atoms. The van der Waals surface area contributed by atoms with Gasteiger partial charge in [-0.2, -0.15) is 19.2 Å². The predicted octanol–water partition coefficient (Wildman–Crippen LogP) is -1.35. The molecule has 0 radical (unpaired) electrons. The summed E-state index contributed by atoms with van der Waals surface area (Å²) in [5.41, 5.74) is 0. The maximum atomic E-state index is 8.04. The number of hydrogen-bond donors (Lipinski definition) is 4. The minimum atomic E-state index is -4.09. The molecule has 50 valence electrons. The van der Waals surface area contributed by atoms with Crippen LogP contribution in [0.4, 0.5) is 0 Å². The summed E-state index contributed by atoms with van der Waals surface area (Å²) in [6.45, 7) is -0.610. The van der Waals surface area contributed by atoms with E-state index in [0.717, 1.165) is 0 Å². The van der Waals surface area contributed by atoms with Gasteiger partial charge in [-0.15, -0.1) is 0 Å². The number of rotatable bonds is 3. The van der Waals surface area contributed by atoms with Gasteiger partial charge in [0.15, 0.2) is 0 Å². The van der Waals surface area contributed by atoms with Gasteiger partial charge in [0, 0.05) is 0 Å². The second kappa shape index (κ2) is 3.29. The summed E-state index contributed by atoms with van der Waals surface area (Å²) in [6.07, 6.45) is 0. The number of aliphatic hydroxyl groups is 1. The summed E-state index contributed by atoms with van der Waals surface area (Å²) in [7, 11) is -4.09. The third-order valence-electron chi connectivity index (χ3n) is 0.356. The van der Waals surface area contributed by atoms with Crippen LogP contribution in [0.15, 0.2) is 0 Å². The molecule has 4 N–H and O–H groups in total. The van der Waals surface area contributed by atoms with Crippen molar-refractivity contribution in [3.63, 3.8) is 0 Å². The minimum Gasteiger partial charge on any atom is -0.394 e. The summed E-state index contributed by atoms with van der Waals surface area (Å²) < 4.78 is 3.91. The molecular formula is C2H8O5P+. The van der Waals surface area contributed by atoms with Crippen molar-refractivity contribution in [2.24, 2.45) is 0 Å². The van der Waals surface area contributed by atoms with Crippen molar-refractivity contribution in [3.05, 3.63) is 0 Å². The van der Waals surface area contributed by atoms with E-state index in [1.807, 2.05) is 0 Å². The molecule has 5 nitrogen and oxygen atoms in total. The lowest BCUT2D eigenvalue weighted by Crippen LogP contribution is -2.00. The highest BCUT2D eigenvalue weighted by atomic mass is 31.2. The van der Waals surface area contributed by atoms with Gasteiger partial charge in [-0.25, -0.2) is 0 Å². The first-order chi connectivity index (χ1) is 3.56.